The second-order valence-corrected chi connectivity index (χ2v) is 6.71. The monoisotopic (exact) mass is 394 g/mol. The van der Waals surface area contributed by atoms with Gasteiger partial charge in [-0.2, -0.15) is 0 Å². The highest BCUT2D eigenvalue weighted by molar-refractivity contribution is 9.10. The molecule has 0 radical (unpaired) electrons. The maximum Gasteiger partial charge on any atom is 0.303 e. The topological polar surface area (TPSA) is 35.5 Å². The van der Waals surface area contributed by atoms with Crippen LogP contribution in [0.3, 0.4) is 0 Å². The number of benzene rings is 2. The summed E-state index contributed by atoms with van der Waals surface area (Å²) in [6, 6.07) is 12.6. The lowest BCUT2D eigenvalue weighted by atomic mass is 9.97. The minimum absolute atomic E-state index is 0.0199. The summed E-state index contributed by atoms with van der Waals surface area (Å²) in [7, 11) is 0. The fourth-order valence-corrected chi connectivity index (χ4v) is 2.69. The molecule has 2 rings (SSSR count). The molecule has 0 N–H and O–H groups in total. The van der Waals surface area contributed by atoms with Gasteiger partial charge >= 0.3 is 5.97 Å². The average molecular weight is 395 g/mol. The van der Waals surface area contributed by atoms with Gasteiger partial charge in [-0.15, -0.1) is 0 Å². The molecule has 1 unspecified atom stereocenters. The molecule has 0 fully saturated rings. The van der Waals surface area contributed by atoms with Crippen LogP contribution in [0.2, 0.25) is 0 Å². The zero-order valence-electron chi connectivity index (χ0n) is 13.9. The van der Waals surface area contributed by atoms with Gasteiger partial charge in [0.15, 0.2) is 0 Å². The standard InChI is InChI=1S/C19H20BrFO3/c1-12(2)19(24-13(3)22)15-9-17(21)16(20)10-18(15)23-11-14-7-5-4-6-8-14/h4-10,12,19H,11H2,1-3H3. The Morgan fingerprint density at radius 3 is 2.46 bits per heavy atom. The van der Waals surface area contributed by atoms with E-state index in [4.69, 9.17) is 9.47 Å². The number of halogens is 2. The van der Waals surface area contributed by atoms with Gasteiger partial charge in [0, 0.05) is 12.5 Å². The van der Waals surface area contributed by atoms with E-state index in [1.54, 1.807) is 6.07 Å². The van der Waals surface area contributed by atoms with Crippen molar-refractivity contribution >= 4 is 21.9 Å². The predicted octanol–water partition coefficient (Wildman–Crippen LogP) is 5.43. The Kier molecular flexibility index (Phi) is 6.37. The quantitative estimate of drug-likeness (QED) is 0.612. The number of ether oxygens (including phenoxy) is 2. The summed E-state index contributed by atoms with van der Waals surface area (Å²) < 4.78 is 25.6. The molecule has 128 valence electrons. The molecule has 2 aromatic rings. The SMILES string of the molecule is CC(=O)OC(c1cc(F)c(Br)cc1OCc1ccccc1)C(C)C. The summed E-state index contributed by atoms with van der Waals surface area (Å²) >= 11 is 3.18. The van der Waals surface area contributed by atoms with Crippen LogP contribution in [-0.4, -0.2) is 5.97 Å². The molecule has 3 nitrogen and oxygen atoms in total. The first-order valence-corrected chi connectivity index (χ1v) is 8.50. The van der Waals surface area contributed by atoms with Crippen LogP contribution in [0.5, 0.6) is 5.75 Å². The zero-order valence-corrected chi connectivity index (χ0v) is 15.5. The van der Waals surface area contributed by atoms with Crippen molar-refractivity contribution in [2.45, 2.75) is 33.5 Å². The Labute approximate surface area is 149 Å². The van der Waals surface area contributed by atoms with Crippen molar-refractivity contribution in [1.29, 1.82) is 0 Å². The first kappa shape index (κ1) is 18.5. The Hall–Kier alpha value is -1.88. The Morgan fingerprint density at radius 1 is 1.21 bits per heavy atom. The zero-order chi connectivity index (χ0) is 17.7. The normalized spacial score (nSPS) is 12.1. The van der Waals surface area contributed by atoms with E-state index in [-0.39, 0.29) is 5.92 Å². The molecule has 0 saturated carbocycles. The molecule has 2 aromatic carbocycles. The summed E-state index contributed by atoms with van der Waals surface area (Å²) in [6.45, 7) is 5.51. The molecule has 0 spiro atoms. The van der Waals surface area contributed by atoms with Gasteiger partial charge in [0.2, 0.25) is 0 Å². The van der Waals surface area contributed by atoms with Crippen LogP contribution in [0.25, 0.3) is 0 Å². The molecular formula is C19H20BrFO3. The van der Waals surface area contributed by atoms with Crippen LogP contribution in [0.15, 0.2) is 46.9 Å². The summed E-state index contributed by atoms with van der Waals surface area (Å²) in [5.41, 5.74) is 1.52. The van der Waals surface area contributed by atoms with E-state index >= 15 is 0 Å². The van der Waals surface area contributed by atoms with E-state index in [9.17, 15) is 9.18 Å². The molecular weight excluding hydrogens is 375 g/mol. The number of carbonyl (C=O) groups excluding carboxylic acids is 1. The van der Waals surface area contributed by atoms with Gasteiger partial charge in [0.05, 0.1) is 4.47 Å². The van der Waals surface area contributed by atoms with Crippen LogP contribution in [0, 0.1) is 11.7 Å². The summed E-state index contributed by atoms with van der Waals surface area (Å²) in [4.78, 5) is 11.4. The molecule has 0 amide bonds. The first-order chi connectivity index (χ1) is 11.4. The van der Waals surface area contributed by atoms with E-state index in [1.165, 1.54) is 13.0 Å². The minimum Gasteiger partial charge on any atom is -0.488 e. The van der Waals surface area contributed by atoms with Crippen molar-refractivity contribution in [3.8, 4) is 5.75 Å². The van der Waals surface area contributed by atoms with E-state index in [0.717, 1.165) is 5.56 Å². The molecule has 0 aliphatic heterocycles. The van der Waals surface area contributed by atoms with Gasteiger partial charge in [0.1, 0.15) is 24.3 Å². The van der Waals surface area contributed by atoms with Crippen LogP contribution in [-0.2, 0) is 16.1 Å². The van der Waals surface area contributed by atoms with E-state index < -0.39 is 17.9 Å². The van der Waals surface area contributed by atoms with Gasteiger partial charge in [-0.05, 0) is 39.5 Å². The third-order valence-electron chi connectivity index (χ3n) is 3.49. The summed E-state index contributed by atoms with van der Waals surface area (Å²) in [5, 5.41) is 0. The van der Waals surface area contributed by atoms with Gasteiger partial charge in [-0.3, -0.25) is 4.79 Å². The van der Waals surface area contributed by atoms with Gasteiger partial charge in [0.25, 0.3) is 0 Å². The highest BCUT2D eigenvalue weighted by atomic mass is 79.9. The highest BCUT2D eigenvalue weighted by Gasteiger charge is 2.24. The van der Waals surface area contributed by atoms with Gasteiger partial charge in [-0.1, -0.05) is 44.2 Å². The third-order valence-corrected chi connectivity index (χ3v) is 4.10. The minimum atomic E-state index is -0.573. The number of hydrogen-bond donors (Lipinski definition) is 0. The van der Waals surface area contributed by atoms with E-state index in [0.29, 0.717) is 22.4 Å². The van der Waals surface area contributed by atoms with Crippen molar-refractivity contribution in [2.75, 3.05) is 0 Å². The van der Waals surface area contributed by atoms with Gasteiger partial charge < -0.3 is 9.47 Å². The van der Waals surface area contributed by atoms with Crippen molar-refractivity contribution in [3.63, 3.8) is 0 Å². The maximum atomic E-state index is 14.0. The Bertz CT molecular complexity index is 701. The fourth-order valence-electron chi connectivity index (χ4n) is 2.36. The Morgan fingerprint density at radius 2 is 1.88 bits per heavy atom. The van der Waals surface area contributed by atoms with E-state index in [2.05, 4.69) is 15.9 Å². The Balaban J connectivity index is 2.34. The second kappa shape index (κ2) is 8.29. The van der Waals surface area contributed by atoms with Gasteiger partial charge in [-0.25, -0.2) is 4.39 Å². The number of carbonyl (C=O) groups is 1. The maximum absolute atomic E-state index is 14.0. The van der Waals surface area contributed by atoms with Crippen molar-refractivity contribution in [1.82, 2.24) is 0 Å². The lowest BCUT2D eigenvalue weighted by Crippen LogP contribution is -2.16. The lowest BCUT2D eigenvalue weighted by molar-refractivity contribution is -0.149. The molecule has 0 aromatic heterocycles. The third kappa shape index (κ3) is 4.81. The highest BCUT2D eigenvalue weighted by Crippen LogP contribution is 2.36. The molecule has 0 bridgehead atoms. The number of esters is 1. The van der Waals surface area contributed by atoms with Crippen LogP contribution in [0.4, 0.5) is 4.39 Å². The molecule has 0 saturated heterocycles. The molecule has 0 heterocycles. The first-order valence-electron chi connectivity index (χ1n) is 7.71. The predicted molar refractivity (Wildman–Crippen MR) is 94.2 cm³/mol. The lowest BCUT2D eigenvalue weighted by Gasteiger charge is -2.24. The molecule has 0 aliphatic carbocycles. The fraction of sp³-hybridized carbons (Fsp3) is 0.316. The van der Waals surface area contributed by atoms with Crippen molar-refractivity contribution in [2.24, 2.45) is 5.92 Å². The average Bonchev–Trinajstić information content (AvgIpc) is 2.54. The van der Waals surface area contributed by atoms with Crippen LogP contribution >= 0.6 is 15.9 Å². The van der Waals surface area contributed by atoms with Crippen LogP contribution in [0.1, 0.15) is 38.0 Å². The smallest absolute Gasteiger partial charge is 0.303 e. The molecule has 24 heavy (non-hydrogen) atoms. The van der Waals surface area contributed by atoms with E-state index in [1.807, 2.05) is 44.2 Å². The van der Waals surface area contributed by atoms with Crippen molar-refractivity contribution < 1.29 is 18.7 Å². The largest absolute Gasteiger partial charge is 0.488 e. The summed E-state index contributed by atoms with van der Waals surface area (Å²) in [6.07, 6.45) is -0.573. The van der Waals surface area contributed by atoms with Crippen molar-refractivity contribution in [3.05, 3.63) is 63.9 Å². The molecule has 5 heteroatoms. The second-order valence-electron chi connectivity index (χ2n) is 5.85. The summed E-state index contributed by atoms with van der Waals surface area (Å²) in [5.74, 6) is -0.360. The molecule has 1 atom stereocenters. The number of rotatable bonds is 6. The number of hydrogen-bond acceptors (Lipinski definition) is 3. The molecule has 0 aliphatic rings. The van der Waals surface area contributed by atoms with Crippen LogP contribution < -0.4 is 4.74 Å².